The van der Waals surface area contributed by atoms with Gasteiger partial charge in [-0.25, -0.2) is 4.39 Å². The van der Waals surface area contributed by atoms with E-state index in [0.717, 1.165) is 6.42 Å². The summed E-state index contributed by atoms with van der Waals surface area (Å²) in [7, 11) is 0. The number of hydrogen-bond acceptors (Lipinski definition) is 1. The fourth-order valence-corrected chi connectivity index (χ4v) is 2.54. The lowest BCUT2D eigenvalue weighted by Crippen LogP contribution is -2.04. The molecule has 20 heavy (non-hydrogen) atoms. The average Bonchev–Trinajstić information content (AvgIpc) is 2.41. The molecule has 0 fully saturated rings. The minimum absolute atomic E-state index is 0.174. The van der Waals surface area contributed by atoms with E-state index in [0.29, 0.717) is 17.0 Å². The first-order valence-corrected chi connectivity index (χ1v) is 7.36. The van der Waals surface area contributed by atoms with Crippen molar-refractivity contribution >= 4 is 21.7 Å². The van der Waals surface area contributed by atoms with Crippen molar-refractivity contribution in [3.05, 3.63) is 69.4 Å². The van der Waals surface area contributed by atoms with Gasteiger partial charge in [0, 0.05) is 11.1 Å². The molecule has 2 rings (SSSR count). The molecule has 0 heterocycles. The number of carbonyl (C=O) groups is 1. The van der Waals surface area contributed by atoms with E-state index >= 15 is 0 Å². The maximum absolute atomic E-state index is 13.5. The van der Waals surface area contributed by atoms with Crippen LogP contribution in [0.3, 0.4) is 0 Å². The van der Waals surface area contributed by atoms with Crippen LogP contribution in [0.2, 0.25) is 0 Å². The van der Waals surface area contributed by atoms with Gasteiger partial charge in [-0.15, -0.1) is 0 Å². The number of hydrogen-bond donors (Lipinski definition) is 0. The first-order chi connectivity index (χ1) is 9.49. The predicted octanol–water partition coefficient (Wildman–Crippen LogP) is 5.02. The molecule has 0 saturated carbocycles. The Hall–Kier alpha value is -1.48. The van der Waals surface area contributed by atoms with Crippen molar-refractivity contribution in [2.75, 3.05) is 0 Å². The summed E-state index contributed by atoms with van der Waals surface area (Å²) in [6, 6.07) is 12.0. The monoisotopic (exact) mass is 334 g/mol. The molecule has 0 spiro atoms. The van der Waals surface area contributed by atoms with Gasteiger partial charge in [-0.2, -0.15) is 0 Å². The molecule has 2 aromatic rings. The summed E-state index contributed by atoms with van der Waals surface area (Å²) in [6.07, 6.45) is 0.984. The topological polar surface area (TPSA) is 17.1 Å². The third kappa shape index (κ3) is 3.34. The van der Waals surface area contributed by atoms with E-state index in [1.807, 2.05) is 12.1 Å². The molecule has 104 valence electrons. The maximum Gasteiger partial charge on any atom is 0.194 e. The fraction of sp³-hybridized carbons (Fsp3) is 0.235. The van der Waals surface area contributed by atoms with E-state index in [-0.39, 0.29) is 10.3 Å². The smallest absolute Gasteiger partial charge is 0.194 e. The van der Waals surface area contributed by atoms with Gasteiger partial charge in [-0.1, -0.05) is 44.2 Å². The molecule has 0 aliphatic heterocycles. The lowest BCUT2D eigenvalue weighted by Gasteiger charge is -2.07. The third-order valence-corrected chi connectivity index (χ3v) is 3.86. The van der Waals surface area contributed by atoms with E-state index in [9.17, 15) is 9.18 Å². The van der Waals surface area contributed by atoms with Gasteiger partial charge in [-0.3, -0.25) is 4.79 Å². The van der Waals surface area contributed by atoms with Gasteiger partial charge in [0.25, 0.3) is 0 Å². The second-order valence-corrected chi connectivity index (χ2v) is 6.02. The number of benzene rings is 2. The van der Waals surface area contributed by atoms with Crippen LogP contribution >= 0.6 is 15.9 Å². The summed E-state index contributed by atoms with van der Waals surface area (Å²) in [5.74, 6) is -0.0198. The number of ketones is 1. The highest BCUT2D eigenvalue weighted by molar-refractivity contribution is 9.10. The van der Waals surface area contributed by atoms with Gasteiger partial charge < -0.3 is 0 Å². The quantitative estimate of drug-likeness (QED) is 0.717. The number of halogens is 2. The molecule has 3 heteroatoms. The Morgan fingerprint density at radius 1 is 1.15 bits per heavy atom. The van der Waals surface area contributed by atoms with E-state index in [1.54, 1.807) is 24.3 Å². The highest BCUT2D eigenvalue weighted by Gasteiger charge is 2.14. The van der Waals surface area contributed by atoms with Crippen molar-refractivity contribution < 1.29 is 9.18 Å². The molecular weight excluding hydrogens is 319 g/mol. The van der Waals surface area contributed by atoms with E-state index in [1.165, 1.54) is 11.6 Å². The highest BCUT2D eigenvalue weighted by Crippen LogP contribution is 2.23. The number of carbonyl (C=O) groups excluding carboxylic acids is 1. The zero-order valence-electron chi connectivity index (χ0n) is 11.5. The van der Waals surface area contributed by atoms with Gasteiger partial charge in [0.05, 0.1) is 4.47 Å². The molecule has 0 atom stereocenters. The van der Waals surface area contributed by atoms with Crippen LogP contribution in [0.1, 0.15) is 35.3 Å². The van der Waals surface area contributed by atoms with Crippen molar-refractivity contribution in [1.29, 1.82) is 0 Å². The van der Waals surface area contributed by atoms with Crippen LogP contribution in [0.5, 0.6) is 0 Å². The molecule has 0 unspecified atom stereocenters. The molecule has 0 saturated heterocycles. The Kier molecular flexibility index (Phi) is 4.71. The molecular formula is C17H16BrFO. The normalized spacial score (nSPS) is 10.8. The summed E-state index contributed by atoms with van der Waals surface area (Å²) in [5, 5.41) is 0. The lowest BCUT2D eigenvalue weighted by atomic mass is 9.98. The molecule has 0 aromatic heterocycles. The van der Waals surface area contributed by atoms with Gasteiger partial charge in [0.1, 0.15) is 5.82 Å². The van der Waals surface area contributed by atoms with Crippen LogP contribution in [0.4, 0.5) is 4.39 Å². The van der Waals surface area contributed by atoms with E-state index in [2.05, 4.69) is 29.8 Å². The zero-order chi connectivity index (χ0) is 14.7. The molecule has 0 aliphatic rings. The first-order valence-electron chi connectivity index (χ1n) is 6.56. The summed E-state index contributed by atoms with van der Waals surface area (Å²) in [6.45, 7) is 4.31. The largest absolute Gasteiger partial charge is 0.289 e. The van der Waals surface area contributed by atoms with Gasteiger partial charge >= 0.3 is 0 Å². The minimum atomic E-state index is -0.424. The van der Waals surface area contributed by atoms with Crippen LogP contribution in [-0.4, -0.2) is 5.78 Å². The second kappa shape index (κ2) is 6.31. The van der Waals surface area contributed by atoms with E-state index in [4.69, 9.17) is 0 Å². The van der Waals surface area contributed by atoms with Gasteiger partial charge in [-0.05, 0) is 46.0 Å². The molecule has 1 nitrogen and oxygen atoms in total. The fourth-order valence-electron chi connectivity index (χ4n) is 2.10. The standard InChI is InChI=1S/C17H16BrFO/c1-11(2)10-12-6-8-13(9-7-12)17(20)14-4-3-5-15(19)16(14)18/h3-9,11H,10H2,1-2H3. The molecule has 0 amide bonds. The molecule has 0 aliphatic carbocycles. The van der Waals surface area contributed by atoms with Crippen molar-refractivity contribution in [3.63, 3.8) is 0 Å². The van der Waals surface area contributed by atoms with Crippen molar-refractivity contribution in [2.24, 2.45) is 5.92 Å². The Labute approximate surface area is 127 Å². The van der Waals surface area contributed by atoms with Crippen molar-refractivity contribution in [2.45, 2.75) is 20.3 Å². The summed E-state index contributed by atoms with van der Waals surface area (Å²) < 4.78 is 13.7. The lowest BCUT2D eigenvalue weighted by molar-refractivity contribution is 0.103. The van der Waals surface area contributed by atoms with Crippen molar-refractivity contribution in [3.8, 4) is 0 Å². The Morgan fingerprint density at radius 2 is 1.80 bits per heavy atom. The van der Waals surface area contributed by atoms with Gasteiger partial charge in [0.2, 0.25) is 0 Å². The molecule has 0 radical (unpaired) electrons. The molecule has 2 aromatic carbocycles. The summed E-state index contributed by atoms with van der Waals surface area (Å²) in [5.41, 5.74) is 2.13. The first kappa shape index (κ1) is 14.9. The minimum Gasteiger partial charge on any atom is -0.289 e. The van der Waals surface area contributed by atoms with Crippen LogP contribution in [0.25, 0.3) is 0 Å². The molecule has 0 N–H and O–H groups in total. The maximum atomic E-state index is 13.5. The summed E-state index contributed by atoms with van der Waals surface area (Å²) in [4.78, 5) is 12.4. The highest BCUT2D eigenvalue weighted by atomic mass is 79.9. The SMILES string of the molecule is CC(C)Cc1ccc(C(=O)c2cccc(F)c2Br)cc1. The van der Waals surface area contributed by atoms with Crippen LogP contribution in [0.15, 0.2) is 46.9 Å². The van der Waals surface area contributed by atoms with Crippen molar-refractivity contribution in [1.82, 2.24) is 0 Å². The Morgan fingerprint density at radius 3 is 2.40 bits per heavy atom. The van der Waals surface area contributed by atoms with E-state index < -0.39 is 5.82 Å². The second-order valence-electron chi connectivity index (χ2n) is 5.23. The number of rotatable bonds is 4. The summed E-state index contributed by atoms with van der Waals surface area (Å²) >= 11 is 3.13. The molecule has 0 bridgehead atoms. The average molecular weight is 335 g/mol. The predicted molar refractivity (Wildman–Crippen MR) is 82.5 cm³/mol. The van der Waals surface area contributed by atoms with Gasteiger partial charge in [0.15, 0.2) is 5.78 Å². The van der Waals surface area contributed by atoms with Crippen LogP contribution in [0, 0.1) is 11.7 Å². The Bertz CT molecular complexity index is 617. The third-order valence-electron chi connectivity index (χ3n) is 3.06. The van der Waals surface area contributed by atoms with Crippen LogP contribution < -0.4 is 0 Å². The Balaban J connectivity index is 2.27. The van der Waals surface area contributed by atoms with Crippen LogP contribution in [-0.2, 0) is 6.42 Å². The zero-order valence-corrected chi connectivity index (χ0v) is 13.1.